The van der Waals surface area contributed by atoms with E-state index in [1.54, 1.807) is 0 Å². The van der Waals surface area contributed by atoms with E-state index in [-0.39, 0.29) is 0 Å². The van der Waals surface area contributed by atoms with Gasteiger partial charge in [-0.15, -0.1) is 0 Å². The highest BCUT2D eigenvalue weighted by Crippen LogP contribution is 2.19. The molecular weight excluding hydrogens is 288 g/mol. The second kappa shape index (κ2) is 9.03. The Hall–Kier alpha value is -1.40. The van der Waals surface area contributed by atoms with Gasteiger partial charge in [0.25, 0.3) is 0 Å². The van der Waals surface area contributed by atoms with Crippen molar-refractivity contribution in [3.63, 3.8) is 0 Å². The zero-order valence-electron chi connectivity index (χ0n) is 14.9. The first-order valence-electron chi connectivity index (χ1n) is 8.88. The van der Waals surface area contributed by atoms with Gasteiger partial charge in [-0.2, -0.15) is 4.98 Å². The van der Waals surface area contributed by atoms with Crippen LogP contribution in [-0.2, 0) is 6.42 Å². The van der Waals surface area contributed by atoms with Crippen molar-refractivity contribution >= 4 is 11.8 Å². The Morgan fingerprint density at radius 1 is 1.13 bits per heavy atom. The molecule has 2 rings (SSSR count). The van der Waals surface area contributed by atoms with E-state index in [9.17, 15) is 0 Å². The second-order valence-electron chi connectivity index (χ2n) is 6.52. The molecule has 1 aliphatic rings. The summed E-state index contributed by atoms with van der Waals surface area (Å²) in [6.45, 7) is 11.0. The van der Waals surface area contributed by atoms with Crippen LogP contribution in [-0.4, -0.2) is 66.1 Å². The van der Waals surface area contributed by atoms with Crippen molar-refractivity contribution in [2.75, 3.05) is 57.4 Å². The molecule has 0 saturated carbocycles. The number of likely N-dealkylation sites (N-methyl/N-ethyl adjacent to an activating group) is 1. The van der Waals surface area contributed by atoms with Gasteiger partial charge >= 0.3 is 0 Å². The lowest BCUT2D eigenvalue weighted by Crippen LogP contribution is -2.44. The van der Waals surface area contributed by atoms with Gasteiger partial charge in [-0.3, -0.25) is 0 Å². The number of hydrogen-bond donors (Lipinski definition) is 2. The lowest BCUT2D eigenvalue weighted by Gasteiger charge is -2.32. The van der Waals surface area contributed by atoms with Crippen LogP contribution in [0.2, 0.25) is 0 Å². The summed E-state index contributed by atoms with van der Waals surface area (Å²) in [7, 11) is 2.20. The summed E-state index contributed by atoms with van der Waals surface area (Å²) in [5, 5.41) is 3.44. The van der Waals surface area contributed by atoms with Crippen LogP contribution in [0.5, 0.6) is 0 Å². The van der Waals surface area contributed by atoms with Gasteiger partial charge in [0.1, 0.15) is 5.82 Å². The molecule has 6 nitrogen and oxygen atoms in total. The number of piperazine rings is 1. The molecule has 0 spiro atoms. The van der Waals surface area contributed by atoms with Crippen molar-refractivity contribution in [3.05, 3.63) is 11.3 Å². The predicted octanol–water partition coefficient (Wildman–Crippen LogP) is 1.76. The van der Waals surface area contributed by atoms with Crippen LogP contribution in [0.25, 0.3) is 0 Å². The number of rotatable bonds is 8. The minimum Gasteiger partial charge on any atom is -0.370 e. The zero-order valence-corrected chi connectivity index (χ0v) is 14.9. The Balaban J connectivity index is 1.89. The normalized spacial score (nSPS) is 16.7. The maximum absolute atomic E-state index is 5.82. The van der Waals surface area contributed by atoms with Gasteiger partial charge in [0, 0.05) is 44.0 Å². The Morgan fingerprint density at radius 3 is 2.57 bits per heavy atom. The third kappa shape index (κ3) is 5.62. The lowest BCUT2D eigenvalue weighted by atomic mass is 10.1. The Morgan fingerprint density at radius 2 is 1.87 bits per heavy atom. The molecule has 0 unspecified atom stereocenters. The lowest BCUT2D eigenvalue weighted by molar-refractivity contribution is 0.153. The van der Waals surface area contributed by atoms with E-state index in [0.717, 1.165) is 43.9 Å². The molecule has 130 valence electrons. The molecule has 3 N–H and O–H groups in total. The maximum atomic E-state index is 5.82. The standard InChI is InChI=1S/C17H32N6/c1-4-5-8-19-16-15(14(2)20-17(18)21-16)7-6-9-23-12-10-22(3)11-13-23/h4-13H2,1-3H3,(H3,18,19,20,21). The summed E-state index contributed by atoms with van der Waals surface area (Å²) >= 11 is 0. The first kappa shape index (κ1) is 17.9. The van der Waals surface area contributed by atoms with Crippen molar-refractivity contribution in [2.45, 2.75) is 39.5 Å². The molecule has 1 fully saturated rings. The summed E-state index contributed by atoms with van der Waals surface area (Å²) in [5.41, 5.74) is 8.05. The summed E-state index contributed by atoms with van der Waals surface area (Å²) < 4.78 is 0. The van der Waals surface area contributed by atoms with Crippen LogP contribution in [0.1, 0.15) is 37.4 Å². The van der Waals surface area contributed by atoms with E-state index < -0.39 is 0 Å². The van der Waals surface area contributed by atoms with Crippen molar-refractivity contribution < 1.29 is 0 Å². The summed E-state index contributed by atoms with van der Waals surface area (Å²) in [6.07, 6.45) is 4.46. The third-order valence-electron chi connectivity index (χ3n) is 4.55. The number of hydrogen-bond acceptors (Lipinski definition) is 6. The van der Waals surface area contributed by atoms with E-state index >= 15 is 0 Å². The molecule has 0 atom stereocenters. The van der Waals surface area contributed by atoms with Crippen molar-refractivity contribution in [3.8, 4) is 0 Å². The first-order valence-corrected chi connectivity index (χ1v) is 8.88. The molecule has 6 heteroatoms. The van der Waals surface area contributed by atoms with E-state index in [0.29, 0.717) is 5.95 Å². The number of nitrogens with one attached hydrogen (secondary N) is 1. The van der Waals surface area contributed by atoms with Gasteiger partial charge < -0.3 is 20.9 Å². The highest BCUT2D eigenvalue weighted by Gasteiger charge is 2.15. The fraction of sp³-hybridized carbons (Fsp3) is 0.765. The fourth-order valence-corrected chi connectivity index (χ4v) is 3.00. The highest BCUT2D eigenvalue weighted by atomic mass is 15.2. The molecule has 1 aliphatic heterocycles. The summed E-state index contributed by atoms with van der Waals surface area (Å²) in [4.78, 5) is 13.7. The number of aromatic nitrogens is 2. The first-order chi connectivity index (χ1) is 11.1. The maximum Gasteiger partial charge on any atom is 0.222 e. The van der Waals surface area contributed by atoms with Crippen LogP contribution < -0.4 is 11.1 Å². The number of aryl methyl sites for hydroxylation is 1. The quantitative estimate of drug-likeness (QED) is 0.711. The second-order valence-corrected chi connectivity index (χ2v) is 6.52. The molecule has 1 aromatic rings. The zero-order chi connectivity index (χ0) is 16.7. The van der Waals surface area contributed by atoms with E-state index in [2.05, 4.69) is 39.1 Å². The van der Waals surface area contributed by atoms with E-state index in [1.807, 2.05) is 6.92 Å². The van der Waals surface area contributed by atoms with Crippen molar-refractivity contribution in [2.24, 2.45) is 0 Å². The molecule has 2 heterocycles. The van der Waals surface area contributed by atoms with Crippen LogP contribution in [0.4, 0.5) is 11.8 Å². The van der Waals surface area contributed by atoms with Crippen molar-refractivity contribution in [1.82, 2.24) is 19.8 Å². The number of nitrogens with two attached hydrogens (primary N) is 1. The molecule has 0 amide bonds. The van der Waals surface area contributed by atoms with Gasteiger partial charge in [-0.1, -0.05) is 13.3 Å². The number of nitrogens with zero attached hydrogens (tertiary/aromatic N) is 4. The Bertz CT molecular complexity index is 482. The van der Waals surface area contributed by atoms with Gasteiger partial charge in [0.2, 0.25) is 5.95 Å². The summed E-state index contributed by atoms with van der Waals surface area (Å²) in [6, 6.07) is 0. The van der Waals surface area contributed by atoms with Crippen molar-refractivity contribution in [1.29, 1.82) is 0 Å². The minimum absolute atomic E-state index is 0.365. The van der Waals surface area contributed by atoms with E-state index in [1.165, 1.54) is 38.2 Å². The van der Waals surface area contributed by atoms with Gasteiger partial charge in [-0.25, -0.2) is 4.98 Å². The topological polar surface area (TPSA) is 70.3 Å². The van der Waals surface area contributed by atoms with Gasteiger partial charge in [-0.05, 0) is 39.8 Å². The molecular formula is C17H32N6. The average Bonchev–Trinajstić information content (AvgIpc) is 2.52. The third-order valence-corrected chi connectivity index (χ3v) is 4.55. The van der Waals surface area contributed by atoms with E-state index in [4.69, 9.17) is 5.73 Å². The number of anilines is 2. The number of unbranched alkanes of at least 4 members (excludes halogenated alkanes) is 1. The Labute approximate surface area is 140 Å². The Kier molecular flexibility index (Phi) is 7.05. The molecule has 1 aromatic heterocycles. The molecule has 23 heavy (non-hydrogen) atoms. The fourth-order valence-electron chi connectivity index (χ4n) is 3.00. The monoisotopic (exact) mass is 320 g/mol. The molecule has 0 bridgehead atoms. The average molecular weight is 320 g/mol. The van der Waals surface area contributed by atoms with Crippen LogP contribution in [0, 0.1) is 6.92 Å². The van der Waals surface area contributed by atoms with Crippen LogP contribution in [0.15, 0.2) is 0 Å². The minimum atomic E-state index is 0.365. The number of nitrogen functional groups attached to an aromatic ring is 1. The van der Waals surface area contributed by atoms with Gasteiger partial charge in [0.15, 0.2) is 0 Å². The van der Waals surface area contributed by atoms with Gasteiger partial charge in [0.05, 0.1) is 0 Å². The largest absolute Gasteiger partial charge is 0.370 e. The highest BCUT2D eigenvalue weighted by molar-refractivity contribution is 5.49. The molecule has 0 aromatic carbocycles. The smallest absolute Gasteiger partial charge is 0.222 e. The van der Waals surface area contributed by atoms with Crippen LogP contribution in [0.3, 0.4) is 0 Å². The summed E-state index contributed by atoms with van der Waals surface area (Å²) in [5.74, 6) is 1.30. The molecule has 0 radical (unpaired) electrons. The predicted molar refractivity (Wildman–Crippen MR) is 96.8 cm³/mol. The van der Waals surface area contributed by atoms with Crippen LogP contribution >= 0.6 is 0 Å². The molecule has 0 aliphatic carbocycles. The molecule has 1 saturated heterocycles. The SMILES string of the molecule is CCCCNc1nc(N)nc(C)c1CCCN1CCN(C)CC1.